The minimum absolute atomic E-state index is 0.644. The van der Waals surface area contributed by atoms with E-state index in [1.165, 1.54) is 44.1 Å². The predicted octanol–water partition coefficient (Wildman–Crippen LogP) is 4.18. The van der Waals surface area contributed by atoms with Crippen LogP contribution in [0.15, 0.2) is 30.3 Å². The molecule has 1 atom stereocenters. The van der Waals surface area contributed by atoms with Crippen molar-refractivity contribution in [2.45, 2.75) is 64.5 Å². The highest BCUT2D eigenvalue weighted by molar-refractivity contribution is 5.15. The molecule has 0 radical (unpaired) electrons. The molecule has 2 rings (SSSR count). The summed E-state index contributed by atoms with van der Waals surface area (Å²) >= 11 is 0. The summed E-state index contributed by atoms with van der Waals surface area (Å²) in [7, 11) is 0. The monoisotopic (exact) mass is 245 g/mol. The minimum atomic E-state index is 0.644. The van der Waals surface area contributed by atoms with Crippen LogP contribution in [0, 0.1) is 5.92 Å². The van der Waals surface area contributed by atoms with Gasteiger partial charge in [-0.1, -0.05) is 44.2 Å². The molecule has 1 unspecified atom stereocenters. The van der Waals surface area contributed by atoms with E-state index in [2.05, 4.69) is 49.5 Å². The smallest absolute Gasteiger partial charge is 0.0107 e. The Morgan fingerprint density at radius 1 is 1.11 bits per heavy atom. The third kappa shape index (κ3) is 4.13. The van der Waals surface area contributed by atoms with Crippen LogP contribution in [0.2, 0.25) is 0 Å². The Morgan fingerprint density at radius 3 is 2.39 bits per heavy atom. The van der Waals surface area contributed by atoms with Crippen molar-refractivity contribution in [1.82, 2.24) is 5.32 Å². The van der Waals surface area contributed by atoms with E-state index < -0.39 is 0 Å². The Morgan fingerprint density at radius 2 is 1.78 bits per heavy atom. The molecule has 0 spiro atoms. The summed E-state index contributed by atoms with van der Waals surface area (Å²) in [6.45, 7) is 4.68. The molecule has 1 aliphatic rings. The number of hydrogen-bond acceptors (Lipinski definition) is 1. The van der Waals surface area contributed by atoms with Gasteiger partial charge in [-0.15, -0.1) is 0 Å². The molecule has 1 heteroatoms. The number of nitrogens with one attached hydrogen (secondary N) is 1. The zero-order valence-corrected chi connectivity index (χ0v) is 11.9. The second kappa shape index (κ2) is 6.94. The third-order valence-electron chi connectivity index (χ3n) is 4.30. The Hall–Kier alpha value is -0.820. The van der Waals surface area contributed by atoms with Crippen LogP contribution in [0.4, 0.5) is 0 Å². The van der Waals surface area contributed by atoms with Crippen LogP contribution >= 0.6 is 0 Å². The Bertz CT molecular complexity index is 325. The first-order valence-corrected chi connectivity index (χ1v) is 7.58. The van der Waals surface area contributed by atoms with Crippen molar-refractivity contribution < 1.29 is 0 Å². The second-order valence-corrected chi connectivity index (χ2v) is 5.92. The zero-order valence-electron chi connectivity index (χ0n) is 11.9. The van der Waals surface area contributed by atoms with E-state index in [0.717, 1.165) is 12.0 Å². The molecule has 100 valence electrons. The molecule has 0 bridgehead atoms. The van der Waals surface area contributed by atoms with Gasteiger partial charge >= 0.3 is 0 Å². The molecule has 0 amide bonds. The highest BCUT2D eigenvalue weighted by Crippen LogP contribution is 2.24. The van der Waals surface area contributed by atoms with Crippen molar-refractivity contribution in [1.29, 1.82) is 0 Å². The van der Waals surface area contributed by atoms with Crippen molar-refractivity contribution in [3.63, 3.8) is 0 Å². The molecule has 1 fully saturated rings. The van der Waals surface area contributed by atoms with Crippen molar-refractivity contribution in [2.75, 3.05) is 0 Å². The summed E-state index contributed by atoms with van der Waals surface area (Å²) in [5.74, 6) is 0.942. The fourth-order valence-electron chi connectivity index (χ4n) is 2.98. The van der Waals surface area contributed by atoms with E-state index in [1.807, 2.05) is 0 Å². The SMILES string of the molecule is CCC(Cc1ccccc1)NC1CCC(C)CC1. The van der Waals surface area contributed by atoms with Gasteiger partial charge in [-0.2, -0.15) is 0 Å². The molecule has 1 aliphatic carbocycles. The second-order valence-electron chi connectivity index (χ2n) is 5.92. The first-order chi connectivity index (χ1) is 8.78. The lowest BCUT2D eigenvalue weighted by atomic mass is 9.86. The van der Waals surface area contributed by atoms with Gasteiger partial charge in [-0.3, -0.25) is 0 Å². The lowest BCUT2D eigenvalue weighted by Crippen LogP contribution is -2.41. The molecule has 0 aliphatic heterocycles. The largest absolute Gasteiger partial charge is 0.311 e. The Kier molecular flexibility index (Phi) is 5.25. The number of hydrogen-bond donors (Lipinski definition) is 1. The molecule has 1 aromatic carbocycles. The Balaban J connectivity index is 1.82. The fourth-order valence-corrected chi connectivity index (χ4v) is 2.98. The molecule has 0 saturated heterocycles. The van der Waals surface area contributed by atoms with E-state index in [9.17, 15) is 0 Å². The van der Waals surface area contributed by atoms with Crippen molar-refractivity contribution in [2.24, 2.45) is 5.92 Å². The highest BCUT2D eigenvalue weighted by atomic mass is 14.9. The van der Waals surface area contributed by atoms with Gasteiger partial charge in [0.2, 0.25) is 0 Å². The minimum Gasteiger partial charge on any atom is -0.311 e. The predicted molar refractivity (Wildman–Crippen MR) is 78.8 cm³/mol. The molecular weight excluding hydrogens is 218 g/mol. The van der Waals surface area contributed by atoms with Crippen molar-refractivity contribution >= 4 is 0 Å². The van der Waals surface area contributed by atoms with E-state index in [-0.39, 0.29) is 0 Å². The molecule has 1 saturated carbocycles. The van der Waals surface area contributed by atoms with Gasteiger partial charge in [-0.05, 0) is 50.0 Å². The van der Waals surface area contributed by atoms with Gasteiger partial charge in [0.15, 0.2) is 0 Å². The fraction of sp³-hybridized carbons (Fsp3) is 0.647. The molecule has 1 aromatic rings. The number of rotatable bonds is 5. The van der Waals surface area contributed by atoms with E-state index in [4.69, 9.17) is 0 Å². The maximum absolute atomic E-state index is 3.87. The summed E-state index contributed by atoms with van der Waals surface area (Å²) in [4.78, 5) is 0. The molecule has 0 heterocycles. The molecular formula is C17H27N. The summed E-state index contributed by atoms with van der Waals surface area (Å²) < 4.78 is 0. The van der Waals surface area contributed by atoms with Gasteiger partial charge in [0.25, 0.3) is 0 Å². The van der Waals surface area contributed by atoms with Gasteiger partial charge in [0.1, 0.15) is 0 Å². The first-order valence-electron chi connectivity index (χ1n) is 7.58. The zero-order chi connectivity index (χ0) is 12.8. The highest BCUT2D eigenvalue weighted by Gasteiger charge is 2.20. The first kappa shape index (κ1) is 13.6. The summed E-state index contributed by atoms with van der Waals surface area (Å²) in [6.07, 6.45) is 7.93. The maximum Gasteiger partial charge on any atom is 0.0107 e. The number of benzene rings is 1. The summed E-state index contributed by atoms with van der Waals surface area (Å²) in [6, 6.07) is 12.3. The van der Waals surface area contributed by atoms with Crippen LogP contribution in [0.5, 0.6) is 0 Å². The van der Waals surface area contributed by atoms with Crippen LogP contribution in [-0.4, -0.2) is 12.1 Å². The van der Waals surface area contributed by atoms with Gasteiger partial charge in [-0.25, -0.2) is 0 Å². The molecule has 1 N–H and O–H groups in total. The summed E-state index contributed by atoms with van der Waals surface area (Å²) in [5, 5.41) is 3.87. The van der Waals surface area contributed by atoms with Crippen LogP contribution in [0.25, 0.3) is 0 Å². The van der Waals surface area contributed by atoms with Crippen LogP contribution in [0.3, 0.4) is 0 Å². The molecule has 0 aromatic heterocycles. The summed E-state index contributed by atoms with van der Waals surface area (Å²) in [5.41, 5.74) is 1.46. The maximum atomic E-state index is 3.87. The molecule has 18 heavy (non-hydrogen) atoms. The third-order valence-corrected chi connectivity index (χ3v) is 4.30. The molecule has 1 nitrogen and oxygen atoms in total. The van der Waals surface area contributed by atoms with Crippen LogP contribution in [0.1, 0.15) is 51.5 Å². The van der Waals surface area contributed by atoms with E-state index in [0.29, 0.717) is 6.04 Å². The Labute approximate surface area is 112 Å². The lowest BCUT2D eigenvalue weighted by molar-refractivity contribution is 0.282. The lowest BCUT2D eigenvalue weighted by Gasteiger charge is -2.30. The topological polar surface area (TPSA) is 12.0 Å². The van der Waals surface area contributed by atoms with Gasteiger partial charge in [0.05, 0.1) is 0 Å². The average molecular weight is 245 g/mol. The van der Waals surface area contributed by atoms with Gasteiger partial charge in [0, 0.05) is 12.1 Å². The van der Waals surface area contributed by atoms with Crippen molar-refractivity contribution in [3.8, 4) is 0 Å². The van der Waals surface area contributed by atoms with Crippen LogP contribution < -0.4 is 5.32 Å². The quantitative estimate of drug-likeness (QED) is 0.820. The normalized spacial score (nSPS) is 25.9. The van der Waals surface area contributed by atoms with Crippen molar-refractivity contribution in [3.05, 3.63) is 35.9 Å². The van der Waals surface area contributed by atoms with Crippen LogP contribution in [-0.2, 0) is 6.42 Å². The van der Waals surface area contributed by atoms with Gasteiger partial charge < -0.3 is 5.32 Å². The van der Waals surface area contributed by atoms with E-state index in [1.54, 1.807) is 0 Å². The standard InChI is InChI=1S/C17H27N/c1-3-16(13-15-7-5-4-6-8-15)18-17-11-9-14(2)10-12-17/h4-8,14,16-18H,3,9-13H2,1-2H3. The average Bonchev–Trinajstić information content (AvgIpc) is 2.41. The van der Waals surface area contributed by atoms with E-state index >= 15 is 0 Å².